The fourth-order valence-electron chi connectivity index (χ4n) is 4.67. The first-order valence-electron chi connectivity index (χ1n) is 12.0. The lowest BCUT2D eigenvalue weighted by atomic mass is 9.93. The summed E-state index contributed by atoms with van der Waals surface area (Å²) in [6.45, 7) is 1.30. The third kappa shape index (κ3) is 5.48. The number of aromatic amines is 1. The van der Waals surface area contributed by atoms with Crippen molar-refractivity contribution in [3.8, 4) is 11.5 Å². The molecule has 1 aliphatic rings. The zero-order valence-electron chi connectivity index (χ0n) is 19.7. The molecular formula is C28H28Cl2N2O4. The highest BCUT2D eigenvalue weighted by Crippen LogP contribution is 2.39. The van der Waals surface area contributed by atoms with Crippen molar-refractivity contribution in [1.82, 2.24) is 9.88 Å². The number of rotatable bonds is 9. The number of H-pyrrole nitrogens is 1. The lowest BCUT2D eigenvalue weighted by Gasteiger charge is -2.35. The van der Waals surface area contributed by atoms with Crippen LogP contribution in [-0.4, -0.2) is 52.7 Å². The van der Waals surface area contributed by atoms with Gasteiger partial charge in [-0.15, -0.1) is 0 Å². The predicted molar refractivity (Wildman–Crippen MR) is 142 cm³/mol. The Balaban J connectivity index is 1.42. The number of nitrogens with zero attached hydrogens (tertiary/aromatic N) is 1. The normalized spacial score (nSPS) is 16.6. The molecule has 8 heteroatoms. The smallest absolute Gasteiger partial charge is 0.142 e. The van der Waals surface area contributed by atoms with E-state index in [0.29, 0.717) is 30.5 Å². The van der Waals surface area contributed by atoms with Crippen molar-refractivity contribution in [2.45, 2.75) is 25.0 Å². The summed E-state index contributed by atoms with van der Waals surface area (Å²) in [4.78, 5) is 5.95. The van der Waals surface area contributed by atoms with Crippen molar-refractivity contribution in [3.63, 3.8) is 0 Å². The first kappa shape index (κ1) is 24.9. The lowest BCUT2D eigenvalue weighted by Crippen LogP contribution is -2.38. The summed E-state index contributed by atoms with van der Waals surface area (Å²) in [5, 5.41) is 21.1. The van der Waals surface area contributed by atoms with E-state index in [0.717, 1.165) is 45.9 Å². The highest BCUT2D eigenvalue weighted by atomic mass is 35.5. The average molecular weight is 527 g/mol. The van der Waals surface area contributed by atoms with Gasteiger partial charge in [0.1, 0.15) is 18.2 Å². The van der Waals surface area contributed by atoms with E-state index in [4.69, 9.17) is 37.8 Å². The van der Waals surface area contributed by atoms with Gasteiger partial charge >= 0.3 is 0 Å². The number of halogens is 2. The second kappa shape index (κ2) is 11.1. The van der Waals surface area contributed by atoms with Crippen molar-refractivity contribution < 1.29 is 19.7 Å². The van der Waals surface area contributed by atoms with E-state index in [2.05, 4.69) is 22.0 Å². The van der Waals surface area contributed by atoms with Gasteiger partial charge in [0.15, 0.2) is 0 Å². The molecule has 0 saturated heterocycles. The Morgan fingerprint density at radius 1 is 0.944 bits per heavy atom. The van der Waals surface area contributed by atoms with Gasteiger partial charge < -0.3 is 24.7 Å². The van der Waals surface area contributed by atoms with Crippen LogP contribution in [0.4, 0.5) is 0 Å². The van der Waals surface area contributed by atoms with E-state index < -0.39 is 6.10 Å². The third-order valence-electron chi connectivity index (χ3n) is 6.53. The van der Waals surface area contributed by atoms with Crippen LogP contribution in [0.25, 0.3) is 10.9 Å². The number of aliphatic hydroxyl groups is 2. The zero-order chi connectivity index (χ0) is 25.1. The van der Waals surface area contributed by atoms with Crippen LogP contribution in [0, 0.1) is 0 Å². The van der Waals surface area contributed by atoms with E-state index in [1.807, 2.05) is 54.6 Å². The minimum Gasteiger partial charge on any atom is -0.493 e. The number of aromatic nitrogens is 1. The Morgan fingerprint density at radius 3 is 2.39 bits per heavy atom. The van der Waals surface area contributed by atoms with Gasteiger partial charge in [-0.1, -0.05) is 35.3 Å². The summed E-state index contributed by atoms with van der Waals surface area (Å²) in [5.74, 6) is 1.48. The fourth-order valence-corrected chi connectivity index (χ4v) is 4.96. The Hall–Kier alpha value is -2.74. The van der Waals surface area contributed by atoms with Crippen LogP contribution < -0.4 is 9.47 Å². The summed E-state index contributed by atoms with van der Waals surface area (Å²) in [6, 6.07) is 21.3. The molecule has 4 aromatic rings. The zero-order valence-corrected chi connectivity index (χ0v) is 21.2. The molecule has 36 heavy (non-hydrogen) atoms. The van der Waals surface area contributed by atoms with Gasteiger partial charge in [-0.25, -0.2) is 0 Å². The monoisotopic (exact) mass is 526 g/mol. The number of fused-ring (bicyclic) bond motifs is 3. The highest BCUT2D eigenvalue weighted by Gasteiger charge is 2.32. The molecule has 188 valence electrons. The molecule has 2 heterocycles. The van der Waals surface area contributed by atoms with E-state index in [1.165, 1.54) is 5.56 Å². The first-order chi connectivity index (χ1) is 17.5. The summed E-state index contributed by atoms with van der Waals surface area (Å²) >= 11 is 12.3. The summed E-state index contributed by atoms with van der Waals surface area (Å²) < 4.78 is 11.9. The SMILES string of the molecule is OC[C@@H](O)CCOc1ccc([C@H]2c3[nH]c4ccc(Cl)cc4c3CCN2COc2ccc(Cl)cc2)cc1. The highest BCUT2D eigenvalue weighted by molar-refractivity contribution is 6.31. The topological polar surface area (TPSA) is 77.9 Å². The quantitative estimate of drug-likeness (QED) is 0.265. The molecule has 1 aliphatic heterocycles. The van der Waals surface area contributed by atoms with Crippen LogP contribution in [-0.2, 0) is 6.42 Å². The summed E-state index contributed by atoms with van der Waals surface area (Å²) in [7, 11) is 0. The molecular weight excluding hydrogens is 499 g/mol. The number of aliphatic hydroxyl groups excluding tert-OH is 2. The van der Waals surface area contributed by atoms with Gasteiger partial charge in [0.25, 0.3) is 0 Å². The van der Waals surface area contributed by atoms with Crippen LogP contribution >= 0.6 is 23.2 Å². The van der Waals surface area contributed by atoms with E-state index in [-0.39, 0.29) is 12.6 Å². The van der Waals surface area contributed by atoms with Gasteiger partial charge in [0.2, 0.25) is 0 Å². The van der Waals surface area contributed by atoms with Crippen molar-refractivity contribution in [2.75, 3.05) is 26.5 Å². The minimum absolute atomic E-state index is 0.0440. The fraction of sp³-hybridized carbons (Fsp3) is 0.286. The third-order valence-corrected chi connectivity index (χ3v) is 7.01. The molecule has 3 N–H and O–H groups in total. The molecule has 0 unspecified atom stereocenters. The standard InChI is InChI=1S/C28H28Cl2N2O4/c29-19-3-8-23(9-4-19)36-17-32-13-11-24-25-15-20(30)5-10-26(25)31-27(24)28(32)18-1-6-22(7-2-18)35-14-12-21(34)16-33/h1-10,15,21,28,31,33-34H,11-14,16-17H2/t21-,28-/m0/s1. The van der Waals surface area contributed by atoms with Gasteiger partial charge in [-0.3, -0.25) is 4.90 Å². The average Bonchev–Trinajstić information content (AvgIpc) is 3.26. The largest absolute Gasteiger partial charge is 0.493 e. The number of ether oxygens (including phenoxy) is 2. The molecule has 0 saturated carbocycles. The number of benzene rings is 3. The van der Waals surface area contributed by atoms with Crippen LogP contribution in [0.1, 0.15) is 29.3 Å². The van der Waals surface area contributed by atoms with E-state index in [9.17, 15) is 5.11 Å². The van der Waals surface area contributed by atoms with Crippen molar-refractivity contribution in [1.29, 1.82) is 0 Å². The molecule has 0 spiro atoms. The maximum Gasteiger partial charge on any atom is 0.142 e. The van der Waals surface area contributed by atoms with E-state index in [1.54, 1.807) is 0 Å². The van der Waals surface area contributed by atoms with Crippen LogP contribution in [0.3, 0.4) is 0 Å². The Kier molecular flexibility index (Phi) is 7.70. The summed E-state index contributed by atoms with van der Waals surface area (Å²) in [5.41, 5.74) is 4.59. The molecule has 1 aromatic heterocycles. The molecule has 3 aromatic carbocycles. The van der Waals surface area contributed by atoms with Crippen molar-refractivity contribution in [2.24, 2.45) is 0 Å². The Bertz CT molecular complexity index is 1310. The molecule has 0 fully saturated rings. The molecule has 0 amide bonds. The van der Waals surface area contributed by atoms with Crippen LogP contribution in [0.15, 0.2) is 66.7 Å². The van der Waals surface area contributed by atoms with Crippen molar-refractivity contribution >= 4 is 34.1 Å². The second-order valence-corrected chi connectivity index (χ2v) is 9.81. The Morgan fingerprint density at radius 2 is 1.64 bits per heavy atom. The molecule has 0 radical (unpaired) electrons. The van der Waals surface area contributed by atoms with Gasteiger partial charge in [-0.2, -0.15) is 0 Å². The van der Waals surface area contributed by atoms with E-state index >= 15 is 0 Å². The summed E-state index contributed by atoms with van der Waals surface area (Å²) in [6.07, 6.45) is 0.483. The predicted octanol–water partition coefficient (Wildman–Crippen LogP) is 5.58. The lowest BCUT2D eigenvalue weighted by molar-refractivity contribution is 0.0754. The molecule has 5 rings (SSSR count). The van der Waals surface area contributed by atoms with Gasteiger partial charge in [-0.05, 0) is 72.1 Å². The number of hydrogen-bond donors (Lipinski definition) is 3. The van der Waals surface area contributed by atoms with Gasteiger partial charge in [0.05, 0.1) is 25.4 Å². The van der Waals surface area contributed by atoms with Crippen LogP contribution in [0.5, 0.6) is 11.5 Å². The maximum atomic E-state index is 9.53. The Labute approximate surface area is 220 Å². The molecule has 0 bridgehead atoms. The molecule has 6 nitrogen and oxygen atoms in total. The maximum absolute atomic E-state index is 9.53. The van der Waals surface area contributed by atoms with Crippen LogP contribution in [0.2, 0.25) is 10.0 Å². The van der Waals surface area contributed by atoms with Crippen molar-refractivity contribution in [3.05, 3.63) is 93.6 Å². The number of hydrogen-bond acceptors (Lipinski definition) is 5. The first-order valence-corrected chi connectivity index (χ1v) is 12.7. The molecule has 2 atom stereocenters. The molecule has 0 aliphatic carbocycles. The minimum atomic E-state index is -0.769. The second-order valence-electron chi connectivity index (χ2n) is 8.94. The van der Waals surface area contributed by atoms with Gasteiger partial charge in [0, 0.05) is 39.6 Å². The number of nitrogens with one attached hydrogen (secondary N) is 1.